The van der Waals surface area contributed by atoms with Gasteiger partial charge in [0.1, 0.15) is 0 Å². The van der Waals surface area contributed by atoms with E-state index >= 15 is 0 Å². The van der Waals surface area contributed by atoms with Crippen molar-refractivity contribution in [2.45, 2.75) is 70.3 Å². The lowest BCUT2D eigenvalue weighted by molar-refractivity contribution is -0.0891. The molecular weight excluding hydrogens is 422 g/mol. The molecule has 31 heavy (non-hydrogen) atoms. The maximum absolute atomic E-state index is 14.0. The molecule has 1 aliphatic heterocycles. The van der Waals surface area contributed by atoms with Crippen molar-refractivity contribution in [2.24, 2.45) is 0 Å². The van der Waals surface area contributed by atoms with Gasteiger partial charge in [-0.25, -0.2) is 17.2 Å². The largest absolute Gasteiger partial charge is 0.295 e. The van der Waals surface area contributed by atoms with Crippen molar-refractivity contribution in [3.8, 4) is 0 Å². The minimum Gasteiger partial charge on any atom is -0.295 e. The Bertz CT molecular complexity index is 871. The third-order valence-electron chi connectivity index (χ3n) is 6.94. The smallest absolute Gasteiger partial charge is 0.248 e. The standard InChI is InChI=1S/C23H34F2N2O3S/c1-3-18-31(29,30)27-16-14-26(15-17-27)22(10-12-23(24,25)13-11-22)9-8-21(28)20-7-5-4-6-19(20)2/h4-7H,3,8-18H2,1-2H3. The molecule has 2 fully saturated rings. The van der Waals surface area contributed by atoms with Gasteiger partial charge in [0.15, 0.2) is 5.78 Å². The van der Waals surface area contributed by atoms with E-state index in [0.717, 1.165) is 5.56 Å². The lowest BCUT2D eigenvalue weighted by Crippen LogP contribution is -2.60. The Balaban J connectivity index is 1.71. The fourth-order valence-electron chi connectivity index (χ4n) is 5.00. The van der Waals surface area contributed by atoms with E-state index < -0.39 is 21.5 Å². The number of piperazine rings is 1. The SMILES string of the molecule is CCCS(=O)(=O)N1CCN(C2(CCC(=O)c3ccccc3C)CCC(F)(F)CC2)CC1. The van der Waals surface area contributed by atoms with Gasteiger partial charge in [0, 0.05) is 56.5 Å². The van der Waals surface area contributed by atoms with Crippen LogP contribution in [0.25, 0.3) is 0 Å². The van der Waals surface area contributed by atoms with Gasteiger partial charge in [0.25, 0.3) is 0 Å². The summed E-state index contributed by atoms with van der Waals surface area (Å²) in [6.45, 7) is 5.55. The number of hydrogen-bond donors (Lipinski definition) is 0. The molecule has 0 radical (unpaired) electrons. The monoisotopic (exact) mass is 456 g/mol. The lowest BCUT2D eigenvalue weighted by Gasteiger charge is -2.51. The summed E-state index contributed by atoms with van der Waals surface area (Å²) in [5.41, 5.74) is 1.14. The summed E-state index contributed by atoms with van der Waals surface area (Å²) < 4.78 is 54.2. The highest BCUT2D eigenvalue weighted by molar-refractivity contribution is 7.89. The van der Waals surface area contributed by atoms with Crippen LogP contribution in [0.15, 0.2) is 24.3 Å². The van der Waals surface area contributed by atoms with E-state index in [1.165, 1.54) is 4.31 Å². The number of nitrogens with zero attached hydrogens (tertiary/aromatic N) is 2. The summed E-state index contributed by atoms with van der Waals surface area (Å²) in [5, 5.41) is 0. The number of ketones is 1. The maximum Gasteiger partial charge on any atom is 0.248 e. The second-order valence-corrected chi connectivity index (χ2v) is 11.1. The van der Waals surface area contributed by atoms with Gasteiger partial charge >= 0.3 is 0 Å². The first-order chi connectivity index (χ1) is 14.6. The molecule has 1 aromatic rings. The van der Waals surface area contributed by atoms with E-state index in [9.17, 15) is 22.0 Å². The van der Waals surface area contributed by atoms with E-state index in [2.05, 4.69) is 4.90 Å². The van der Waals surface area contributed by atoms with Crippen LogP contribution in [-0.2, 0) is 10.0 Å². The molecule has 0 N–H and O–H groups in total. The number of aryl methyl sites for hydroxylation is 1. The molecule has 3 rings (SSSR count). The number of rotatable bonds is 8. The molecule has 0 spiro atoms. The van der Waals surface area contributed by atoms with Crippen molar-refractivity contribution >= 4 is 15.8 Å². The predicted octanol–water partition coefficient (Wildman–Crippen LogP) is 4.26. The molecule has 5 nitrogen and oxygen atoms in total. The Labute approximate surface area is 184 Å². The molecule has 2 aliphatic rings. The molecular formula is C23H34F2N2O3S. The average Bonchev–Trinajstić information content (AvgIpc) is 2.73. The Kier molecular flexibility index (Phi) is 7.54. The van der Waals surface area contributed by atoms with Crippen LogP contribution in [0, 0.1) is 6.92 Å². The van der Waals surface area contributed by atoms with Crippen molar-refractivity contribution < 1.29 is 22.0 Å². The van der Waals surface area contributed by atoms with Crippen LogP contribution in [0.2, 0.25) is 0 Å². The fourth-order valence-corrected chi connectivity index (χ4v) is 6.49. The Hall–Kier alpha value is -1.38. The number of carbonyl (C=O) groups excluding carboxylic acids is 1. The van der Waals surface area contributed by atoms with Crippen LogP contribution >= 0.6 is 0 Å². The molecule has 0 atom stereocenters. The topological polar surface area (TPSA) is 57.7 Å². The molecule has 1 aliphatic carbocycles. The van der Waals surface area contributed by atoms with Gasteiger partial charge in [-0.3, -0.25) is 9.69 Å². The minimum atomic E-state index is -3.26. The van der Waals surface area contributed by atoms with E-state index in [1.54, 1.807) is 0 Å². The highest BCUT2D eigenvalue weighted by Gasteiger charge is 2.47. The number of alkyl halides is 2. The average molecular weight is 457 g/mol. The Morgan fingerprint density at radius 3 is 2.23 bits per heavy atom. The summed E-state index contributed by atoms with van der Waals surface area (Å²) in [6.07, 6.45) is 1.72. The van der Waals surface area contributed by atoms with Crippen molar-refractivity contribution in [1.82, 2.24) is 9.21 Å². The van der Waals surface area contributed by atoms with Crippen LogP contribution in [0.3, 0.4) is 0 Å². The zero-order valence-electron chi connectivity index (χ0n) is 18.6. The molecule has 1 aromatic carbocycles. The molecule has 1 heterocycles. The fraction of sp³-hybridized carbons (Fsp3) is 0.696. The van der Waals surface area contributed by atoms with Crippen molar-refractivity contribution in [1.29, 1.82) is 0 Å². The van der Waals surface area contributed by atoms with Gasteiger partial charge in [-0.15, -0.1) is 0 Å². The summed E-state index contributed by atoms with van der Waals surface area (Å²) >= 11 is 0. The quantitative estimate of drug-likeness (QED) is 0.549. The van der Waals surface area contributed by atoms with Crippen LogP contribution in [0.5, 0.6) is 0 Å². The van der Waals surface area contributed by atoms with E-state index in [-0.39, 0.29) is 24.4 Å². The van der Waals surface area contributed by atoms with Crippen LogP contribution in [0.1, 0.15) is 67.8 Å². The van der Waals surface area contributed by atoms with Gasteiger partial charge in [-0.1, -0.05) is 31.2 Å². The highest BCUT2D eigenvalue weighted by atomic mass is 32.2. The maximum atomic E-state index is 14.0. The van der Waals surface area contributed by atoms with E-state index in [4.69, 9.17) is 0 Å². The Morgan fingerprint density at radius 1 is 1.03 bits per heavy atom. The number of Topliss-reactive ketones (excluding diaryl/α,β-unsaturated/α-hetero) is 1. The summed E-state index contributed by atoms with van der Waals surface area (Å²) in [4.78, 5) is 15.0. The van der Waals surface area contributed by atoms with Gasteiger partial charge in [-0.05, 0) is 38.2 Å². The normalized spacial score (nSPS) is 22.3. The van der Waals surface area contributed by atoms with E-state index in [1.807, 2.05) is 38.1 Å². The lowest BCUT2D eigenvalue weighted by atomic mass is 9.74. The summed E-state index contributed by atoms with van der Waals surface area (Å²) in [5.74, 6) is -2.48. The van der Waals surface area contributed by atoms with E-state index in [0.29, 0.717) is 63.8 Å². The third-order valence-corrected chi connectivity index (χ3v) is 9.02. The second-order valence-electron chi connectivity index (χ2n) is 9.02. The Morgan fingerprint density at radius 2 is 1.65 bits per heavy atom. The molecule has 174 valence electrons. The van der Waals surface area contributed by atoms with Gasteiger partial charge in [-0.2, -0.15) is 4.31 Å². The van der Waals surface area contributed by atoms with Crippen molar-refractivity contribution in [3.63, 3.8) is 0 Å². The van der Waals surface area contributed by atoms with Gasteiger partial charge in [0.2, 0.25) is 15.9 Å². The molecule has 0 amide bonds. The first-order valence-electron chi connectivity index (χ1n) is 11.3. The molecule has 1 saturated heterocycles. The molecule has 1 saturated carbocycles. The molecule has 0 unspecified atom stereocenters. The number of sulfonamides is 1. The summed E-state index contributed by atoms with van der Waals surface area (Å²) in [7, 11) is -3.26. The van der Waals surface area contributed by atoms with Crippen molar-refractivity contribution in [2.75, 3.05) is 31.9 Å². The van der Waals surface area contributed by atoms with Crippen LogP contribution in [0.4, 0.5) is 8.78 Å². The zero-order chi connectivity index (χ0) is 22.7. The van der Waals surface area contributed by atoms with Crippen molar-refractivity contribution in [3.05, 3.63) is 35.4 Å². The third kappa shape index (κ3) is 5.71. The number of hydrogen-bond acceptors (Lipinski definition) is 4. The zero-order valence-corrected chi connectivity index (χ0v) is 19.4. The van der Waals surface area contributed by atoms with Gasteiger partial charge in [0.05, 0.1) is 5.75 Å². The number of halogens is 2. The number of carbonyl (C=O) groups is 1. The highest BCUT2D eigenvalue weighted by Crippen LogP contribution is 2.44. The van der Waals surface area contributed by atoms with Gasteiger partial charge < -0.3 is 0 Å². The second kappa shape index (κ2) is 9.63. The summed E-state index contributed by atoms with van der Waals surface area (Å²) in [6, 6.07) is 7.45. The minimum absolute atomic E-state index is 0.0407. The molecule has 8 heteroatoms. The van der Waals surface area contributed by atoms with Crippen LogP contribution in [-0.4, -0.2) is 66.8 Å². The van der Waals surface area contributed by atoms with Crippen LogP contribution < -0.4 is 0 Å². The first-order valence-corrected chi connectivity index (χ1v) is 12.9. The molecule has 0 bridgehead atoms. The first kappa shape index (κ1) is 24.3. The number of benzene rings is 1. The molecule has 0 aromatic heterocycles. The predicted molar refractivity (Wildman–Crippen MR) is 118 cm³/mol.